The number of hydrogen-bond acceptors (Lipinski definition) is 1. The third-order valence-corrected chi connectivity index (χ3v) is 2.91. The molecule has 0 saturated carbocycles. The van der Waals surface area contributed by atoms with Gasteiger partial charge in [0, 0.05) is 0 Å². The second kappa shape index (κ2) is 4.20. The number of rotatable bonds is 2. The molecule has 0 aliphatic carbocycles. The van der Waals surface area contributed by atoms with Gasteiger partial charge in [0.25, 0.3) is 0 Å². The average molecular weight is 266 g/mol. The Morgan fingerprint density at radius 3 is 2.77 bits per heavy atom. The van der Waals surface area contributed by atoms with Crippen molar-refractivity contribution >= 4 is 33.3 Å². The lowest BCUT2D eigenvalue weighted by Gasteiger charge is -2.03. The van der Waals surface area contributed by atoms with Crippen molar-refractivity contribution in [3.05, 3.63) is 33.5 Å². The van der Waals surface area contributed by atoms with E-state index in [1.54, 1.807) is 13.0 Å². The van der Waals surface area contributed by atoms with Crippen LogP contribution in [0.5, 0.6) is 0 Å². The standard InChI is InChI=1S/C9H7BrClFO/c1-5-2-3-6(7(13)4-11)9(12)8(5)10/h2-3H,4H2,1H3. The number of alkyl halides is 1. The van der Waals surface area contributed by atoms with Crippen LogP contribution in [0.4, 0.5) is 4.39 Å². The fourth-order valence-electron chi connectivity index (χ4n) is 0.933. The molecule has 70 valence electrons. The molecule has 0 atom stereocenters. The molecule has 1 nitrogen and oxygen atoms in total. The quantitative estimate of drug-likeness (QED) is 0.592. The van der Waals surface area contributed by atoms with Gasteiger partial charge in [0.2, 0.25) is 0 Å². The molecule has 0 amide bonds. The lowest BCUT2D eigenvalue weighted by Crippen LogP contribution is -2.04. The number of halogens is 3. The molecule has 13 heavy (non-hydrogen) atoms. The number of carbonyl (C=O) groups is 1. The zero-order valence-corrected chi connectivity index (χ0v) is 9.25. The predicted molar refractivity (Wildman–Crippen MR) is 53.9 cm³/mol. The molecule has 0 radical (unpaired) electrons. The first-order chi connectivity index (χ1) is 6.07. The average Bonchev–Trinajstić information content (AvgIpc) is 2.13. The first-order valence-corrected chi connectivity index (χ1v) is 4.94. The van der Waals surface area contributed by atoms with Crippen LogP contribution in [0.2, 0.25) is 0 Å². The Labute approximate surface area is 89.0 Å². The summed E-state index contributed by atoms with van der Waals surface area (Å²) in [6, 6.07) is 3.12. The zero-order chi connectivity index (χ0) is 10.0. The molecule has 0 aliphatic rings. The van der Waals surface area contributed by atoms with Crippen molar-refractivity contribution in [2.24, 2.45) is 0 Å². The smallest absolute Gasteiger partial charge is 0.180 e. The summed E-state index contributed by atoms with van der Waals surface area (Å²) < 4.78 is 13.7. The number of ketones is 1. The van der Waals surface area contributed by atoms with E-state index < -0.39 is 11.6 Å². The molecule has 0 heterocycles. The van der Waals surface area contributed by atoms with E-state index in [4.69, 9.17) is 11.6 Å². The highest BCUT2D eigenvalue weighted by Gasteiger charge is 2.14. The lowest BCUT2D eigenvalue weighted by molar-refractivity contribution is 0.101. The summed E-state index contributed by atoms with van der Waals surface area (Å²) in [6.07, 6.45) is 0. The maximum absolute atomic E-state index is 13.4. The topological polar surface area (TPSA) is 17.1 Å². The number of carbonyl (C=O) groups excluding carboxylic acids is 1. The highest BCUT2D eigenvalue weighted by Crippen LogP contribution is 2.23. The number of hydrogen-bond donors (Lipinski definition) is 0. The first kappa shape index (κ1) is 10.7. The predicted octanol–water partition coefficient (Wildman–Crippen LogP) is 3.32. The molecule has 0 saturated heterocycles. The fraction of sp³-hybridized carbons (Fsp3) is 0.222. The van der Waals surface area contributed by atoms with Gasteiger partial charge in [-0.2, -0.15) is 0 Å². The van der Waals surface area contributed by atoms with E-state index in [-0.39, 0.29) is 11.4 Å². The van der Waals surface area contributed by atoms with Crippen LogP contribution in [0, 0.1) is 12.7 Å². The summed E-state index contributed by atoms with van der Waals surface area (Å²) in [5.74, 6) is -1.14. The van der Waals surface area contributed by atoms with Gasteiger partial charge in [-0.15, -0.1) is 11.6 Å². The van der Waals surface area contributed by atoms with E-state index in [1.807, 2.05) is 0 Å². The van der Waals surface area contributed by atoms with E-state index in [0.29, 0.717) is 4.47 Å². The molecule has 0 aliphatic heterocycles. The van der Waals surface area contributed by atoms with Crippen molar-refractivity contribution < 1.29 is 9.18 Å². The summed E-state index contributed by atoms with van der Waals surface area (Å²) >= 11 is 8.38. The largest absolute Gasteiger partial charge is 0.293 e. The molecular formula is C9H7BrClFO. The van der Waals surface area contributed by atoms with E-state index >= 15 is 0 Å². The highest BCUT2D eigenvalue weighted by molar-refractivity contribution is 9.10. The third-order valence-electron chi connectivity index (χ3n) is 1.70. The van der Waals surface area contributed by atoms with Gasteiger partial charge >= 0.3 is 0 Å². The monoisotopic (exact) mass is 264 g/mol. The first-order valence-electron chi connectivity index (χ1n) is 3.61. The van der Waals surface area contributed by atoms with Crippen LogP contribution in [0.25, 0.3) is 0 Å². The molecule has 1 aromatic rings. The minimum Gasteiger partial charge on any atom is -0.293 e. The Hall–Kier alpha value is -0.410. The molecule has 0 aromatic heterocycles. The van der Waals surface area contributed by atoms with Crippen LogP contribution in [0.3, 0.4) is 0 Å². The van der Waals surface area contributed by atoms with Gasteiger partial charge in [0.1, 0.15) is 5.82 Å². The maximum atomic E-state index is 13.4. The van der Waals surface area contributed by atoms with Crippen molar-refractivity contribution in [2.45, 2.75) is 6.92 Å². The molecule has 0 fully saturated rings. The highest BCUT2D eigenvalue weighted by atomic mass is 79.9. The van der Waals surface area contributed by atoms with Crippen LogP contribution in [0.1, 0.15) is 15.9 Å². The van der Waals surface area contributed by atoms with Gasteiger partial charge in [-0.1, -0.05) is 6.07 Å². The van der Waals surface area contributed by atoms with E-state index in [2.05, 4.69) is 15.9 Å². The third kappa shape index (κ3) is 2.09. The molecule has 0 spiro atoms. The number of aryl methyl sites for hydroxylation is 1. The molecule has 0 bridgehead atoms. The van der Waals surface area contributed by atoms with Crippen molar-refractivity contribution in [1.29, 1.82) is 0 Å². The van der Waals surface area contributed by atoms with Crippen LogP contribution in [0.15, 0.2) is 16.6 Å². The van der Waals surface area contributed by atoms with E-state index in [1.165, 1.54) is 6.07 Å². The van der Waals surface area contributed by atoms with Crippen LogP contribution in [-0.2, 0) is 0 Å². The van der Waals surface area contributed by atoms with Gasteiger partial charge < -0.3 is 0 Å². The Balaban J connectivity index is 3.26. The number of benzene rings is 1. The van der Waals surface area contributed by atoms with Crippen LogP contribution < -0.4 is 0 Å². The second-order valence-corrected chi connectivity index (χ2v) is 3.68. The van der Waals surface area contributed by atoms with E-state index in [9.17, 15) is 9.18 Å². The minimum atomic E-state index is -0.536. The summed E-state index contributed by atoms with van der Waals surface area (Å²) in [6.45, 7) is 1.75. The Morgan fingerprint density at radius 1 is 1.62 bits per heavy atom. The van der Waals surface area contributed by atoms with Crippen molar-refractivity contribution in [3.8, 4) is 0 Å². The molecule has 1 aromatic carbocycles. The maximum Gasteiger partial charge on any atom is 0.180 e. The molecule has 0 unspecified atom stereocenters. The second-order valence-electron chi connectivity index (χ2n) is 2.61. The Morgan fingerprint density at radius 2 is 2.23 bits per heavy atom. The van der Waals surface area contributed by atoms with E-state index in [0.717, 1.165) is 5.56 Å². The minimum absolute atomic E-state index is 0.0347. The SMILES string of the molecule is Cc1ccc(C(=O)CCl)c(F)c1Br. The lowest BCUT2D eigenvalue weighted by atomic mass is 10.1. The van der Waals surface area contributed by atoms with Gasteiger partial charge in [0.05, 0.1) is 15.9 Å². The molecule has 4 heteroatoms. The molecular weight excluding hydrogens is 258 g/mol. The van der Waals surface area contributed by atoms with Crippen molar-refractivity contribution in [1.82, 2.24) is 0 Å². The summed E-state index contributed by atoms with van der Waals surface area (Å²) in [7, 11) is 0. The van der Waals surface area contributed by atoms with Crippen molar-refractivity contribution in [3.63, 3.8) is 0 Å². The molecule has 0 N–H and O–H groups in total. The van der Waals surface area contributed by atoms with Gasteiger partial charge in [0.15, 0.2) is 5.78 Å². The molecule has 1 rings (SSSR count). The Kier molecular flexibility index (Phi) is 3.45. The summed E-state index contributed by atoms with van der Waals surface area (Å²) in [5.41, 5.74) is 0.788. The zero-order valence-electron chi connectivity index (χ0n) is 6.90. The van der Waals surface area contributed by atoms with Crippen molar-refractivity contribution in [2.75, 3.05) is 5.88 Å². The van der Waals surface area contributed by atoms with Gasteiger partial charge in [-0.05, 0) is 34.5 Å². The normalized spacial score (nSPS) is 10.2. The summed E-state index contributed by atoms with van der Waals surface area (Å²) in [5, 5.41) is 0. The van der Waals surface area contributed by atoms with Gasteiger partial charge in [-0.25, -0.2) is 4.39 Å². The Bertz CT molecular complexity index is 352. The number of Topliss-reactive ketones (excluding diaryl/α,β-unsaturated/α-hetero) is 1. The van der Waals surface area contributed by atoms with Crippen LogP contribution in [-0.4, -0.2) is 11.7 Å². The fourth-order valence-corrected chi connectivity index (χ4v) is 1.42. The van der Waals surface area contributed by atoms with Gasteiger partial charge in [-0.3, -0.25) is 4.79 Å². The van der Waals surface area contributed by atoms with Crippen LogP contribution >= 0.6 is 27.5 Å². The summed E-state index contributed by atoms with van der Waals surface area (Å²) in [4.78, 5) is 11.1.